The molecule has 0 N–H and O–H groups in total. The molecule has 3 aromatic rings. The fraction of sp³-hybridized carbons (Fsp3) is 0.211. The Hall–Kier alpha value is -3.15. The molecule has 0 atom stereocenters. The number of anilines is 1. The van der Waals surface area contributed by atoms with E-state index in [4.69, 9.17) is 4.74 Å². The number of aromatic nitrogens is 3. The summed E-state index contributed by atoms with van der Waals surface area (Å²) in [5.74, 6) is 1.06. The molecular formula is C19H18N4O2. The number of amides is 1. The third-order valence-electron chi connectivity index (χ3n) is 4.08. The van der Waals surface area contributed by atoms with Gasteiger partial charge in [-0.25, -0.2) is 9.67 Å². The molecule has 3 heterocycles. The van der Waals surface area contributed by atoms with E-state index in [2.05, 4.69) is 10.1 Å². The molecule has 0 saturated heterocycles. The van der Waals surface area contributed by atoms with Crippen molar-refractivity contribution in [3.63, 3.8) is 0 Å². The average Bonchev–Trinajstić information content (AvgIpc) is 3.11. The highest BCUT2D eigenvalue weighted by molar-refractivity contribution is 6.04. The summed E-state index contributed by atoms with van der Waals surface area (Å²) in [6.07, 6.45) is 2.58. The Bertz CT molecular complexity index is 838. The number of pyridine rings is 1. The van der Waals surface area contributed by atoms with Crippen LogP contribution in [0.4, 0.5) is 5.82 Å². The molecule has 0 bridgehead atoms. The minimum absolute atomic E-state index is 0.187. The maximum Gasteiger partial charge on any atom is 0.280 e. The van der Waals surface area contributed by atoms with Gasteiger partial charge >= 0.3 is 0 Å². The molecule has 0 saturated carbocycles. The van der Waals surface area contributed by atoms with Crippen LogP contribution in [0.15, 0.2) is 60.8 Å². The average molecular weight is 334 g/mol. The molecule has 0 radical (unpaired) electrons. The first-order valence-electron chi connectivity index (χ1n) is 8.29. The van der Waals surface area contributed by atoms with Crippen LogP contribution in [-0.2, 0) is 13.1 Å². The van der Waals surface area contributed by atoms with Gasteiger partial charge in [0.25, 0.3) is 5.91 Å². The van der Waals surface area contributed by atoms with Crippen molar-refractivity contribution in [2.45, 2.75) is 19.5 Å². The summed E-state index contributed by atoms with van der Waals surface area (Å²) < 4.78 is 7.32. The van der Waals surface area contributed by atoms with E-state index in [9.17, 15) is 4.79 Å². The highest BCUT2D eigenvalue weighted by atomic mass is 16.5. The van der Waals surface area contributed by atoms with Crippen molar-refractivity contribution in [3.8, 4) is 5.88 Å². The monoisotopic (exact) mass is 334 g/mol. The van der Waals surface area contributed by atoms with E-state index < -0.39 is 0 Å². The van der Waals surface area contributed by atoms with Gasteiger partial charge in [0.1, 0.15) is 5.82 Å². The predicted octanol–water partition coefficient (Wildman–Crippen LogP) is 2.91. The summed E-state index contributed by atoms with van der Waals surface area (Å²) in [7, 11) is 0. The standard InChI is InChI=1S/C19H18N4O2/c24-19(16-13-18-23(21-16)11-6-12-25-18)22(17-9-4-5-10-20-17)14-15-7-2-1-3-8-15/h1-5,7-10,13H,6,11-12,14H2. The second kappa shape index (κ2) is 6.76. The Morgan fingerprint density at radius 3 is 2.76 bits per heavy atom. The summed E-state index contributed by atoms with van der Waals surface area (Å²) in [5, 5.41) is 4.41. The van der Waals surface area contributed by atoms with E-state index >= 15 is 0 Å². The molecule has 1 aromatic carbocycles. The molecule has 6 nitrogen and oxygen atoms in total. The van der Waals surface area contributed by atoms with Crippen molar-refractivity contribution >= 4 is 11.7 Å². The second-order valence-corrected chi connectivity index (χ2v) is 5.86. The van der Waals surface area contributed by atoms with Crippen LogP contribution in [0.1, 0.15) is 22.5 Å². The van der Waals surface area contributed by atoms with Crippen molar-refractivity contribution < 1.29 is 9.53 Å². The summed E-state index contributed by atoms with van der Waals surface area (Å²) >= 11 is 0. The zero-order valence-electron chi connectivity index (χ0n) is 13.7. The highest BCUT2D eigenvalue weighted by Crippen LogP contribution is 2.22. The zero-order chi connectivity index (χ0) is 17.1. The van der Waals surface area contributed by atoms with Crippen molar-refractivity contribution in [1.29, 1.82) is 0 Å². The lowest BCUT2D eigenvalue weighted by molar-refractivity contribution is 0.0978. The SMILES string of the molecule is O=C(c1cc2n(n1)CCCO2)N(Cc1ccccc1)c1ccccn1. The number of nitrogens with zero attached hydrogens (tertiary/aromatic N) is 4. The molecule has 0 spiro atoms. The molecule has 4 rings (SSSR count). The Morgan fingerprint density at radius 1 is 1.16 bits per heavy atom. The first kappa shape index (κ1) is 15.4. The molecule has 0 unspecified atom stereocenters. The van der Waals surface area contributed by atoms with Crippen LogP contribution in [0.3, 0.4) is 0 Å². The molecule has 1 aliphatic heterocycles. The number of benzene rings is 1. The largest absolute Gasteiger partial charge is 0.478 e. The third-order valence-corrected chi connectivity index (χ3v) is 4.08. The molecule has 2 aromatic heterocycles. The Balaban J connectivity index is 1.67. The normalized spacial score (nSPS) is 13.0. The van der Waals surface area contributed by atoms with Gasteiger partial charge in [0.05, 0.1) is 13.2 Å². The fourth-order valence-corrected chi connectivity index (χ4v) is 2.85. The van der Waals surface area contributed by atoms with Gasteiger partial charge in [-0.05, 0) is 17.7 Å². The lowest BCUT2D eigenvalue weighted by Crippen LogP contribution is -2.31. The lowest BCUT2D eigenvalue weighted by Gasteiger charge is -2.20. The molecule has 6 heteroatoms. The quantitative estimate of drug-likeness (QED) is 0.736. The number of fused-ring (bicyclic) bond motifs is 1. The van der Waals surface area contributed by atoms with E-state index in [1.807, 2.05) is 48.5 Å². The number of aryl methyl sites for hydroxylation is 1. The second-order valence-electron chi connectivity index (χ2n) is 5.86. The van der Waals surface area contributed by atoms with E-state index in [-0.39, 0.29) is 5.91 Å². The fourth-order valence-electron chi connectivity index (χ4n) is 2.85. The van der Waals surface area contributed by atoms with Crippen molar-refractivity contribution in [2.24, 2.45) is 0 Å². The Morgan fingerprint density at radius 2 is 2.00 bits per heavy atom. The van der Waals surface area contributed by atoms with Crippen LogP contribution in [0, 0.1) is 0 Å². The minimum atomic E-state index is -0.187. The summed E-state index contributed by atoms with van der Waals surface area (Å²) in [4.78, 5) is 19.1. The van der Waals surface area contributed by atoms with Gasteiger partial charge in [0, 0.05) is 25.2 Å². The van der Waals surface area contributed by atoms with Gasteiger partial charge in [0.2, 0.25) is 5.88 Å². The molecule has 1 aliphatic rings. The van der Waals surface area contributed by atoms with E-state index in [0.717, 1.165) is 18.5 Å². The number of rotatable bonds is 4. The van der Waals surface area contributed by atoms with Gasteiger partial charge < -0.3 is 4.74 Å². The number of hydrogen-bond acceptors (Lipinski definition) is 4. The predicted molar refractivity (Wildman–Crippen MR) is 93.5 cm³/mol. The lowest BCUT2D eigenvalue weighted by atomic mass is 10.2. The van der Waals surface area contributed by atoms with Crippen molar-refractivity contribution in [1.82, 2.24) is 14.8 Å². The van der Waals surface area contributed by atoms with E-state index in [0.29, 0.717) is 30.5 Å². The summed E-state index contributed by atoms with van der Waals surface area (Å²) in [6.45, 7) is 1.86. The number of hydrogen-bond donors (Lipinski definition) is 0. The Labute approximate surface area is 145 Å². The smallest absolute Gasteiger partial charge is 0.280 e. The molecule has 0 fully saturated rings. The van der Waals surface area contributed by atoms with Crippen molar-refractivity contribution in [3.05, 3.63) is 72.1 Å². The van der Waals surface area contributed by atoms with E-state index in [1.165, 1.54) is 0 Å². The van der Waals surface area contributed by atoms with Crippen LogP contribution < -0.4 is 9.64 Å². The van der Waals surface area contributed by atoms with Crippen molar-refractivity contribution in [2.75, 3.05) is 11.5 Å². The topological polar surface area (TPSA) is 60.3 Å². The maximum atomic E-state index is 13.1. The van der Waals surface area contributed by atoms with Crippen LogP contribution >= 0.6 is 0 Å². The number of ether oxygens (including phenoxy) is 1. The summed E-state index contributed by atoms with van der Waals surface area (Å²) in [6, 6.07) is 17.1. The molecule has 126 valence electrons. The number of carbonyl (C=O) groups excluding carboxylic acids is 1. The summed E-state index contributed by atoms with van der Waals surface area (Å²) in [5.41, 5.74) is 1.40. The molecular weight excluding hydrogens is 316 g/mol. The molecule has 0 aliphatic carbocycles. The van der Waals surface area contributed by atoms with Crippen LogP contribution in [0.2, 0.25) is 0 Å². The van der Waals surface area contributed by atoms with E-state index in [1.54, 1.807) is 21.8 Å². The highest BCUT2D eigenvalue weighted by Gasteiger charge is 2.24. The zero-order valence-corrected chi connectivity index (χ0v) is 13.7. The van der Waals surface area contributed by atoms with Gasteiger partial charge in [-0.2, -0.15) is 5.10 Å². The minimum Gasteiger partial charge on any atom is -0.478 e. The first-order chi connectivity index (χ1) is 12.3. The van der Waals surface area contributed by atoms with Gasteiger partial charge in [-0.15, -0.1) is 0 Å². The van der Waals surface area contributed by atoms with Gasteiger partial charge in [0.15, 0.2) is 5.69 Å². The number of carbonyl (C=O) groups is 1. The van der Waals surface area contributed by atoms with Crippen LogP contribution in [0.25, 0.3) is 0 Å². The van der Waals surface area contributed by atoms with Crippen LogP contribution in [0.5, 0.6) is 5.88 Å². The first-order valence-corrected chi connectivity index (χ1v) is 8.29. The van der Waals surface area contributed by atoms with Crippen LogP contribution in [-0.4, -0.2) is 27.3 Å². The molecule has 25 heavy (non-hydrogen) atoms. The maximum absolute atomic E-state index is 13.1. The van der Waals surface area contributed by atoms with Gasteiger partial charge in [-0.1, -0.05) is 36.4 Å². The van der Waals surface area contributed by atoms with Gasteiger partial charge in [-0.3, -0.25) is 9.69 Å². The third kappa shape index (κ3) is 3.24. The molecule has 1 amide bonds. The Kier molecular flexibility index (Phi) is 4.16.